The summed E-state index contributed by atoms with van der Waals surface area (Å²) in [5.41, 5.74) is 4.13. The van der Waals surface area contributed by atoms with Gasteiger partial charge in [-0.3, -0.25) is 0 Å². The molecular weight excluding hydrogens is 302 g/mol. The lowest BCUT2D eigenvalue weighted by molar-refractivity contribution is -0.149. The van der Waals surface area contributed by atoms with Gasteiger partial charge in [0.05, 0.1) is 18.2 Å². The third kappa shape index (κ3) is 3.83. The molecule has 2 N–H and O–H groups in total. The monoisotopic (exact) mass is 313 g/mol. The number of benzene rings is 1. The second-order valence-corrected chi connectivity index (χ2v) is 4.32. The Labute approximate surface area is 117 Å². The Morgan fingerprint density at radius 2 is 2.05 bits per heavy atom. The van der Waals surface area contributed by atoms with Gasteiger partial charge in [-0.05, 0) is 30.7 Å². The van der Waals surface area contributed by atoms with Crippen LogP contribution in [0.25, 0.3) is 0 Å². The molecule has 0 radical (unpaired) electrons. The summed E-state index contributed by atoms with van der Waals surface area (Å²) in [6.45, 7) is 1.40. The molecule has 1 aromatic carbocycles. The lowest BCUT2D eigenvalue weighted by Crippen LogP contribution is -2.32. The van der Waals surface area contributed by atoms with Crippen LogP contribution >= 0.6 is 11.6 Å². The minimum absolute atomic E-state index is 0.0672. The fraction of sp³-hybridized carbons (Fsp3) is 0.417. The molecule has 0 spiro atoms. The molecule has 0 amide bonds. The maximum atomic E-state index is 13.7. The quantitative estimate of drug-likeness (QED) is 0.685. The predicted molar refractivity (Wildman–Crippen MR) is 64.9 cm³/mol. The lowest BCUT2D eigenvalue weighted by Gasteiger charge is -2.18. The average Bonchev–Trinajstić information content (AvgIpc) is 2.36. The van der Waals surface area contributed by atoms with Crippen molar-refractivity contribution in [1.29, 1.82) is 0 Å². The molecule has 0 heterocycles. The van der Waals surface area contributed by atoms with Gasteiger partial charge in [-0.1, -0.05) is 11.6 Å². The van der Waals surface area contributed by atoms with Gasteiger partial charge in [0, 0.05) is 5.02 Å². The standard InChI is InChI=1S/C12H12ClF4NO2/c1-2-20-11(19)9(14)10(18)7-5-6(12(15,16)17)3-4-8(7)13/h3-5,9-10H,2,18H2,1H3/t9?,10-/m0/s1. The predicted octanol–water partition coefficient (Wildman–Crippen LogP) is 3.26. The normalized spacial score (nSPS) is 14.8. The molecule has 0 aromatic heterocycles. The second-order valence-electron chi connectivity index (χ2n) is 3.91. The molecule has 0 fully saturated rings. The Morgan fingerprint density at radius 1 is 1.45 bits per heavy atom. The number of halogens is 5. The van der Waals surface area contributed by atoms with Crippen molar-refractivity contribution in [3.8, 4) is 0 Å². The van der Waals surface area contributed by atoms with E-state index in [1.165, 1.54) is 6.92 Å². The van der Waals surface area contributed by atoms with Crippen molar-refractivity contribution in [2.75, 3.05) is 6.61 Å². The number of carbonyl (C=O) groups is 1. The number of nitrogens with two attached hydrogens (primary N) is 1. The molecule has 0 aliphatic heterocycles. The largest absolute Gasteiger partial charge is 0.464 e. The van der Waals surface area contributed by atoms with E-state index in [0.717, 1.165) is 12.1 Å². The van der Waals surface area contributed by atoms with E-state index in [1.807, 2.05) is 0 Å². The van der Waals surface area contributed by atoms with Gasteiger partial charge in [0.1, 0.15) is 0 Å². The number of hydrogen-bond acceptors (Lipinski definition) is 3. The Kier molecular flexibility index (Phi) is 5.35. The van der Waals surface area contributed by atoms with Crippen LogP contribution in [-0.2, 0) is 15.7 Å². The van der Waals surface area contributed by atoms with Gasteiger partial charge >= 0.3 is 12.1 Å². The van der Waals surface area contributed by atoms with E-state index in [2.05, 4.69) is 4.74 Å². The van der Waals surface area contributed by atoms with Gasteiger partial charge in [0.25, 0.3) is 0 Å². The first-order valence-electron chi connectivity index (χ1n) is 5.61. The van der Waals surface area contributed by atoms with Gasteiger partial charge in [0.15, 0.2) is 0 Å². The summed E-state index contributed by atoms with van der Waals surface area (Å²) in [7, 11) is 0. The summed E-state index contributed by atoms with van der Waals surface area (Å²) in [5.74, 6) is -1.24. The zero-order valence-electron chi connectivity index (χ0n) is 10.4. The highest BCUT2D eigenvalue weighted by Crippen LogP contribution is 2.34. The second kappa shape index (κ2) is 6.41. The zero-order valence-corrected chi connectivity index (χ0v) is 11.1. The van der Waals surface area contributed by atoms with E-state index in [-0.39, 0.29) is 17.2 Å². The highest BCUT2D eigenvalue weighted by Gasteiger charge is 2.34. The zero-order chi connectivity index (χ0) is 15.5. The Bertz CT molecular complexity index is 493. The third-order valence-electron chi connectivity index (χ3n) is 2.51. The van der Waals surface area contributed by atoms with E-state index in [0.29, 0.717) is 6.07 Å². The molecule has 1 unspecified atom stereocenters. The lowest BCUT2D eigenvalue weighted by atomic mass is 10.0. The maximum absolute atomic E-state index is 13.7. The van der Waals surface area contributed by atoms with Gasteiger partial charge in [0.2, 0.25) is 6.17 Å². The number of carbonyl (C=O) groups excluding carboxylic acids is 1. The first-order valence-corrected chi connectivity index (χ1v) is 5.99. The number of hydrogen-bond donors (Lipinski definition) is 1. The molecular formula is C12H12ClF4NO2. The van der Waals surface area contributed by atoms with Gasteiger partial charge in [-0.2, -0.15) is 13.2 Å². The number of rotatable bonds is 4. The summed E-state index contributed by atoms with van der Waals surface area (Å²) in [5, 5.41) is -0.155. The first-order chi connectivity index (χ1) is 9.18. The van der Waals surface area contributed by atoms with Crippen LogP contribution in [0.5, 0.6) is 0 Å². The molecule has 1 rings (SSSR count). The van der Waals surface area contributed by atoms with Gasteiger partial charge in [-0.15, -0.1) is 0 Å². The molecule has 0 saturated carbocycles. The van der Waals surface area contributed by atoms with E-state index < -0.39 is 29.9 Å². The Morgan fingerprint density at radius 3 is 2.55 bits per heavy atom. The SMILES string of the molecule is CCOC(=O)C(F)[C@@H](N)c1cc(C(F)(F)F)ccc1Cl. The van der Waals surface area contributed by atoms with Crippen LogP contribution in [0.2, 0.25) is 5.02 Å². The van der Waals surface area contributed by atoms with E-state index >= 15 is 0 Å². The summed E-state index contributed by atoms with van der Waals surface area (Å²) >= 11 is 5.70. The average molecular weight is 314 g/mol. The first kappa shape index (κ1) is 16.7. The minimum Gasteiger partial charge on any atom is -0.464 e. The molecule has 20 heavy (non-hydrogen) atoms. The summed E-state index contributed by atoms with van der Waals surface area (Å²) < 4.78 is 55.9. The summed E-state index contributed by atoms with van der Waals surface area (Å²) in [6, 6.07) is 0.690. The van der Waals surface area contributed by atoms with Crippen LogP contribution in [0, 0.1) is 0 Å². The topological polar surface area (TPSA) is 52.3 Å². The van der Waals surface area contributed by atoms with E-state index in [1.54, 1.807) is 0 Å². The highest BCUT2D eigenvalue weighted by molar-refractivity contribution is 6.31. The molecule has 0 saturated heterocycles. The summed E-state index contributed by atoms with van der Waals surface area (Å²) in [4.78, 5) is 11.2. The maximum Gasteiger partial charge on any atom is 0.416 e. The van der Waals surface area contributed by atoms with Crippen LogP contribution in [0.15, 0.2) is 18.2 Å². The van der Waals surface area contributed by atoms with Crippen LogP contribution in [0.3, 0.4) is 0 Å². The smallest absolute Gasteiger partial charge is 0.416 e. The summed E-state index contributed by atoms with van der Waals surface area (Å²) in [6.07, 6.45) is -6.91. The molecule has 2 atom stereocenters. The van der Waals surface area contributed by atoms with Crippen molar-refractivity contribution in [1.82, 2.24) is 0 Å². The van der Waals surface area contributed by atoms with Crippen molar-refractivity contribution in [3.63, 3.8) is 0 Å². The molecule has 1 aromatic rings. The van der Waals surface area contributed by atoms with Crippen molar-refractivity contribution in [2.24, 2.45) is 5.73 Å². The fourth-order valence-corrected chi connectivity index (χ4v) is 1.75. The fourth-order valence-electron chi connectivity index (χ4n) is 1.50. The Balaban J connectivity index is 3.09. The number of esters is 1. The van der Waals surface area contributed by atoms with Gasteiger partial charge in [-0.25, -0.2) is 9.18 Å². The molecule has 0 aliphatic carbocycles. The number of ether oxygens (including phenoxy) is 1. The van der Waals surface area contributed by atoms with Crippen molar-refractivity contribution in [3.05, 3.63) is 34.3 Å². The molecule has 0 bridgehead atoms. The highest BCUT2D eigenvalue weighted by atomic mass is 35.5. The van der Waals surface area contributed by atoms with Crippen molar-refractivity contribution in [2.45, 2.75) is 25.3 Å². The van der Waals surface area contributed by atoms with Crippen molar-refractivity contribution >= 4 is 17.6 Å². The van der Waals surface area contributed by atoms with Crippen LogP contribution in [0.4, 0.5) is 17.6 Å². The van der Waals surface area contributed by atoms with Gasteiger partial charge < -0.3 is 10.5 Å². The number of alkyl halides is 4. The van der Waals surface area contributed by atoms with Crippen LogP contribution in [-0.4, -0.2) is 18.7 Å². The van der Waals surface area contributed by atoms with Crippen LogP contribution < -0.4 is 5.73 Å². The third-order valence-corrected chi connectivity index (χ3v) is 2.85. The van der Waals surface area contributed by atoms with E-state index in [9.17, 15) is 22.4 Å². The van der Waals surface area contributed by atoms with E-state index in [4.69, 9.17) is 17.3 Å². The molecule has 3 nitrogen and oxygen atoms in total. The molecule has 0 aliphatic rings. The minimum atomic E-state index is -4.62. The van der Waals surface area contributed by atoms with Crippen LogP contribution in [0.1, 0.15) is 24.1 Å². The molecule has 8 heteroatoms. The van der Waals surface area contributed by atoms with Crippen molar-refractivity contribution < 1.29 is 27.1 Å². The molecule has 112 valence electrons. The Hall–Kier alpha value is -1.34.